The van der Waals surface area contributed by atoms with E-state index in [1.165, 1.54) is 6.92 Å². The van der Waals surface area contributed by atoms with Crippen LogP contribution in [0.1, 0.15) is 17.4 Å². The third kappa shape index (κ3) is 1.83. The number of hydrogen-bond acceptors (Lipinski definition) is 3. The first-order valence-corrected chi connectivity index (χ1v) is 6.13. The van der Waals surface area contributed by atoms with Gasteiger partial charge in [-0.25, -0.2) is 0 Å². The van der Waals surface area contributed by atoms with E-state index in [-0.39, 0.29) is 5.78 Å². The summed E-state index contributed by atoms with van der Waals surface area (Å²) in [7, 11) is -2.31. The van der Waals surface area contributed by atoms with Crippen LogP contribution in [0.3, 0.4) is 0 Å². The average molecular weight is 186 g/mol. The molecule has 4 nitrogen and oxygen atoms in total. The van der Waals surface area contributed by atoms with Gasteiger partial charge in [-0.3, -0.25) is 9.89 Å². The first kappa shape index (κ1) is 9.20. The Morgan fingerprint density at radius 3 is 2.42 bits per heavy atom. The molecule has 0 atom stereocenters. The van der Waals surface area contributed by atoms with Gasteiger partial charge in [0.05, 0.1) is 5.44 Å². The number of hydrogen-bond donors (Lipinski definition) is 1. The summed E-state index contributed by atoms with van der Waals surface area (Å²) in [6.07, 6.45) is 0. The van der Waals surface area contributed by atoms with E-state index in [1.54, 1.807) is 19.4 Å². The molecule has 5 heteroatoms. The van der Waals surface area contributed by atoms with Gasteiger partial charge in [-0.1, -0.05) is 0 Å². The van der Waals surface area contributed by atoms with Crippen LogP contribution in [-0.4, -0.2) is 29.3 Å². The summed E-state index contributed by atoms with van der Waals surface area (Å²) < 4.78 is 11.5. The Morgan fingerprint density at radius 1 is 1.58 bits per heavy atom. The molecule has 1 aromatic heterocycles. The topological polar surface area (TPSA) is 62.8 Å². The van der Waals surface area contributed by atoms with E-state index in [0.29, 0.717) is 11.1 Å². The molecule has 1 rings (SSSR count). The Balaban J connectivity index is 3.08. The molecule has 0 aromatic carbocycles. The quantitative estimate of drug-likeness (QED) is 0.550. The van der Waals surface area contributed by atoms with Gasteiger partial charge < -0.3 is 4.57 Å². The molecule has 1 N–H and O–H groups in total. The van der Waals surface area contributed by atoms with Crippen LogP contribution in [0.25, 0.3) is 0 Å². The molecule has 1 heterocycles. The Labute approximate surface area is 70.7 Å². The van der Waals surface area contributed by atoms with Gasteiger partial charge in [-0.05, 0) is 19.4 Å². The molecule has 12 heavy (non-hydrogen) atoms. The van der Waals surface area contributed by atoms with Crippen LogP contribution in [0, 0.1) is 0 Å². The van der Waals surface area contributed by atoms with Crippen molar-refractivity contribution in [3.8, 4) is 0 Å². The highest BCUT2D eigenvalue weighted by Crippen LogP contribution is 2.33. The number of rotatable bonds is 2. The van der Waals surface area contributed by atoms with E-state index in [2.05, 4.69) is 10.2 Å². The molecule has 0 aliphatic heterocycles. The van der Waals surface area contributed by atoms with Crippen molar-refractivity contribution in [3.05, 3.63) is 11.8 Å². The number of aromatic amines is 1. The highest BCUT2D eigenvalue weighted by molar-refractivity contribution is 7.69. The summed E-state index contributed by atoms with van der Waals surface area (Å²) >= 11 is 0. The summed E-state index contributed by atoms with van der Waals surface area (Å²) in [4.78, 5) is 10.8. The highest BCUT2D eigenvalue weighted by atomic mass is 31.2. The first-order valence-electron chi connectivity index (χ1n) is 3.53. The second-order valence-corrected chi connectivity index (χ2v) is 6.23. The SMILES string of the molecule is CC(=O)c1cc(P(C)(C)=O)[nH]n1. The molecule has 0 amide bonds. The minimum absolute atomic E-state index is 0.119. The van der Waals surface area contributed by atoms with Gasteiger partial charge in [0.1, 0.15) is 12.8 Å². The number of carbonyl (C=O) groups excluding carboxylic acids is 1. The molecule has 0 saturated carbocycles. The number of nitrogens with zero attached hydrogens (tertiary/aromatic N) is 1. The van der Waals surface area contributed by atoms with E-state index in [9.17, 15) is 9.36 Å². The van der Waals surface area contributed by atoms with Crippen molar-refractivity contribution in [3.63, 3.8) is 0 Å². The molecule has 0 radical (unpaired) electrons. The van der Waals surface area contributed by atoms with Crippen molar-refractivity contribution in [1.82, 2.24) is 10.2 Å². The number of nitrogens with one attached hydrogen (secondary N) is 1. The average Bonchev–Trinajstić information content (AvgIpc) is 2.30. The van der Waals surface area contributed by atoms with Gasteiger partial charge in [-0.15, -0.1) is 0 Å². The number of Topliss-reactive ketones (excluding diaryl/α,β-unsaturated/α-hetero) is 1. The van der Waals surface area contributed by atoms with Crippen LogP contribution in [0.15, 0.2) is 6.07 Å². The third-order valence-electron chi connectivity index (χ3n) is 1.51. The Morgan fingerprint density at radius 2 is 2.17 bits per heavy atom. The maximum absolute atomic E-state index is 11.5. The van der Waals surface area contributed by atoms with E-state index < -0.39 is 7.14 Å². The summed E-state index contributed by atoms with van der Waals surface area (Å²) in [5.41, 5.74) is 0.890. The Bertz CT molecular complexity index is 350. The second kappa shape index (κ2) is 2.87. The predicted molar refractivity (Wildman–Crippen MR) is 47.7 cm³/mol. The van der Waals surface area contributed by atoms with Gasteiger partial charge in [0.2, 0.25) is 0 Å². The lowest BCUT2D eigenvalue weighted by atomic mass is 10.3. The summed E-state index contributed by atoms with van der Waals surface area (Å²) in [6.45, 7) is 4.69. The number of ketones is 1. The molecule has 0 fully saturated rings. The highest BCUT2D eigenvalue weighted by Gasteiger charge is 2.15. The molecule has 0 aliphatic carbocycles. The molecule has 0 saturated heterocycles. The van der Waals surface area contributed by atoms with Crippen molar-refractivity contribution in [2.75, 3.05) is 13.3 Å². The lowest BCUT2D eigenvalue weighted by molar-refractivity contribution is 0.101. The number of carbonyl (C=O) groups is 1. The monoisotopic (exact) mass is 186 g/mol. The molecular weight excluding hydrogens is 175 g/mol. The fourth-order valence-corrected chi connectivity index (χ4v) is 1.49. The van der Waals surface area contributed by atoms with Crippen molar-refractivity contribution < 1.29 is 9.36 Å². The zero-order valence-electron chi connectivity index (χ0n) is 7.29. The molecular formula is C7H11N2O2P. The lowest BCUT2D eigenvalue weighted by Gasteiger charge is -1.99. The van der Waals surface area contributed by atoms with E-state index in [1.807, 2.05) is 0 Å². The van der Waals surface area contributed by atoms with Crippen LogP contribution in [0.5, 0.6) is 0 Å². The minimum Gasteiger partial charge on any atom is -0.318 e. The van der Waals surface area contributed by atoms with Crippen molar-refractivity contribution >= 4 is 18.4 Å². The van der Waals surface area contributed by atoms with Gasteiger partial charge in [0.15, 0.2) is 5.78 Å². The number of aromatic nitrogens is 2. The van der Waals surface area contributed by atoms with Gasteiger partial charge >= 0.3 is 0 Å². The zero-order chi connectivity index (χ0) is 9.35. The van der Waals surface area contributed by atoms with Crippen molar-refractivity contribution in [2.45, 2.75) is 6.92 Å². The van der Waals surface area contributed by atoms with Crippen LogP contribution >= 0.6 is 7.14 Å². The van der Waals surface area contributed by atoms with Gasteiger partial charge in [0.25, 0.3) is 0 Å². The van der Waals surface area contributed by atoms with Crippen molar-refractivity contribution in [1.29, 1.82) is 0 Å². The maximum atomic E-state index is 11.5. The molecule has 0 bridgehead atoms. The zero-order valence-corrected chi connectivity index (χ0v) is 8.18. The minimum atomic E-state index is -2.31. The second-order valence-electron chi connectivity index (χ2n) is 3.05. The molecule has 0 spiro atoms. The molecule has 0 unspecified atom stereocenters. The van der Waals surface area contributed by atoms with E-state index >= 15 is 0 Å². The normalized spacial score (nSPS) is 11.6. The van der Waals surface area contributed by atoms with Crippen molar-refractivity contribution in [2.24, 2.45) is 0 Å². The first-order chi connectivity index (χ1) is 5.41. The maximum Gasteiger partial charge on any atom is 0.179 e. The Hall–Kier alpha value is -0.890. The van der Waals surface area contributed by atoms with Crippen LogP contribution in [0.4, 0.5) is 0 Å². The smallest absolute Gasteiger partial charge is 0.179 e. The lowest BCUT2D eigenvalue weighted by Crippen LogP contribution is -2.02. The largest absolute Gasteiger partial charge is 0.318 e. The number of H-pyrrole nitrogens is 1. The van der Waals surface area contributed by atoms with E-state index in [0.717, 1.165) is 0 Å². The van der Waals surface area contributed by atoms with Gasteiger partial charge in [0, 0.05) is 6.92 Å². The van der Waals surface area contributed by atoms with Crippen LogP contribution in [-0.2, 0) is 4.57 Å². The van der Waals surface area contributed by atoms with Gasteiger partial charge in [-0.2, -0.15) is 5.10 Å². The standard InChI is InChI=1S/C7H11N2O2P/c1-5(10)6-4-7(9-8-6)12(2,3)11/h4H,1-3H3,(H,8,9). The van der Waals surface area contributed by atoms with Crippen LogP contribution < -0.4 is 5.44 Å². The summed E-state index contributed by atoms with van der Waals surface area (Å²) in [6, 6.07) is 1.54. The summed E-state index contributed by atoms with van der Waals surface area (Å²) in [5, 5.41) is 6.33. The molecule has 0 aliphatic rings. The molecule has 66 valence electrons. The summed E-state index contributed by atoms with van der Waals surface area (Å²) in [5.74, 6) is -0.119. The van der Waals surface area contributed by atoms with E-state index in [4.69, 9.17) is 0 Å². The fraction of sp³-hybridized carbons (Fsp3) is 0.429. The van der Waals surface area contributed by atoms with Crippen LogP contribution in [0.2, 0.25) is 0 Å². The Kier molecular flexibility index (Phi) is 2.20. The predicted octanol–water partition coefficient (Wildman–Crippen LogP) is 0.860. The molecule has 1 aromatic rings. The third-order valence-corrected chi connectivity index (χ3v) is 2.89. The fourth-order valence-electron chi connectivity index (χ4n) is 0.768.